The third-order valence-corrected chi connectivity index (χ3v) is 1.77. The highest BCUT2D eigenvalue weighted by Crippen LogP contribution is 2.16. The summed E-state index contributed by atoms with van der Waals surface area (Å²) in [6, 6.07) is 6.38. The molecule has 1 amide bonds. The van der Waals surface area contributed by atoms with E-state index < -0.39 is 0 Å². The van der Waals surface area contributed by atoms with Gasteiger partial charge in [-0.3, -0.25) is 4.79 Å². The van der Waals surface area contributed by atoms with E-state index in [0.717, 1.165) is 0 Å². The Kier molecular flexibility index (Phi) is 3.94. The molecule has 0 atom stereocenters. The van der Waals surface area contributed by atoms with Crippen molar-refractivity contribution in [2.24, 2.45) is 0 Å². The Labute approximate surface area is 93.5 Å². The van der Waals surface area contributed by atoms with Crippen molar-refractivity contribution < 1.29 is 9.90 Å². The number of hydrogen-bond donors (Lipinski definition) is 2. The zero-order chi connectivity index (χ0) is 12.0. The third kappa shape index (κ3) is 3.36. The van der Waals surface area contributed by atoms with Gasteiger partial charge in [0.05, 0.1) is 23.7 Å². The van der Waals surface area contributed by atoms with E-state index >= 15 is 0 Å². The van der Waals surface area contributed by atoms with Crippen LogP contribution in [0.4, 0.5) is 0 Å². The second kappa shape index (κ2) is 5.43. The van der Waals surface area contributed by atoms with Crippen molar-refractivity contribution in [1.82, 2.24) is 5.32 Å². The summed E-state index contributed by atoms with van der Waals surface area (Å²) in [5.41, 5.74) is 0.811. The minimum atomic E-state index is -0.163. The van der Waals surface area contributed by atoms with E-state index in [1.54, 1.807) is 0 Å². The highest BCUT2D eigenvalue weighted by atomic mass is 16.3. The molecule has 4 nitrogen and oxygen atoms in total. The number of phenolic OH excluding ortho intramolecular Hbond substituents is 1. The van der Waals surface area contributed by atoms with Gasteiger partial charge in [0.1, 0.15) is 5.75 Å². The van der Waals surface area contributed by atoms with Gasteiger partial charge in [0, 0.05) is 6.92 Å². The number of carbonyl (C=O) groups excluding carboxylic acids is 1. The molecule has 1 rings (SSSR count). The molecule has 0 saturated carbocycles. The second-order valence-corrected chi connectivity index (χ2v) is 3.06. The van der Waals surface area contributed by atoms with Crippen LogP contribution in [-0.2, 0) is 4.79 Å². The summed E-state index contributed by atoms with van der Waals surface area (Å²) in [5, 5.41) is 20.6. The van der Waals surface area contributed by atoms with Crippen molar-refractivity contribution >= 4 is 5.91 Å². The number of aromatic hydroxyl groups is 1. The van der Waals surface area contributed by atoms with Crippen LogP contribution in [0.5, 0.6) is 5.75 Å². The first-order chi connectivity index (χ1) is 7.63. The molecule has 1 aromatic rings. The summed E-state index contributed by atoms with van der Waals surface area (Å²) in [6.45, 7) is 1.61. The number of nitriles is 1. The summed E-state index contributed by atoms with van der Waals surface area (Å²) in [6.07, 6.45) is 0. The Morgan fingerprint density at radius 2 is 2.31 bits per heavy atom. The summed E-state index contributed by atoms with van der Waals surface area (Å²) in [5.74, 6) is 5.21. The molecule has 0 radical (unpaired) electrons. The van der Waals surface area contributed by atoms with Gasteiger partial charge in [0.15, 0.2) is 0 Å². The van der Waals surface area contributed by atoms with Crippen LogP contribution in [0.1, 0.15) is 18.1 Å². The Morgan fingerprint density at radius 1 is 1.56 bits per heavy atom. The number of nitrogens with one attached hydrogen (secondary N) is 1. The molecule has 0 aliphatic carbocycles. The summed E-state index contributed by atoms with van der Waals surface area (Å²) >= 11 is 0. The lowest BCUT2D eigenvalue weighted by molar-refractivity contribution is -0.118. The number of benzene rings is 1. The number of nitrogens with zero attached hydrogens (tertiary/aromatic N) is 1. The molecule has 0 bridgehead atoms. The maximum atomic E-state index is 10.6. The Morgan fingerprint density at radius 3 is 2.94 bits per heavy atom. The fourth-order valence-corrected chi connectivity index (χ4v) is 1.01. The van der Waals surface area contributed by atoms with Crippen LogP contribution in [0, 0.1) is 23.2 Å². The summed E-state index contributed by atoms with van der Waals surface area (Å²) in [4.78, 5) is 10.6. The minimum Gasteiger partial charge on any atom is -0.507 e. The van der Waals surface area contributed by atoms with Crippen molar-refractivity contribution in [2.45, 2.75) is 6.92 Å². The van der Waals surface area contributed by atoms with Crippen molar-refractivity contribution in [3.05, 3.63) is 29.3 Å². The van der Waals surface area contributed by atoms with E-state index in [2.05, 4.69) is 17.2 Å². The van der Waals surface area contributed by atoms with Gasteiger partial charge in [-0.05, 0) is 18.2 Å². The second-order valence-electron chi connectivity index (χ2n) is 3.06. The van der Waals surface area contributed by atoms with Gasteiger partial charge in [0.2, 0.25) is 5.91 Å². The van der Waals surface area contributed by atoms with Crippen LogP contribution < -0.4 is 5.32 Å². The van der Waals surface area contributed by atoms with E-state index in [9.17, 15) is 9.90 Å². The molecule has 0 aliphatic heterocycles. The molecule has 0 saturated heterocycles. The van der Waals surface area contributed by atoms with Gasteiger partial charge in [0.25, 0.3) is 0 Å². The number of rotatable bonds is 1. The first-order valence-corrected chi connectivity index (χ1v) is 4.60. The summed E-state index contributed by atoms with van der Waals surface area (Å²) in [7, 11) is 0. The monoisotopic (exact) mass is 214 g/mol. The first kappa shape index (κ1) is 11.6. The molecule has 0 unspecified atom stereocenters. The number of hydrogen-bond acceptors (Lipinski definition) is 3. The zero-order valence-electron chi connectivity index (χ0n) is 8.74. The third-order valence-electron chi connectivity index (χ3n) is 1.77. The molecule has 16 heavy (non-hydrogen) atoms. The predicted molar refractivity (Wildman–Crippen MR) is 58.4 cm³/mol. The zero-order valence-corrected chi connectivity index (χ0v) is 8.74. The van der Waals surface area contributed by atoms with Crippen LogP contribution in [0.15, 0.2) is 18.2 Å². The molecule has 4 heteroatoms. The molecule has 2 N–H and O–H groups in total. The fraction of sp³-hybridized carbons (Fsp3) is 0.167. The van der Waals surface area contributed by atoms with Crippen molar-refractivity contribution in [3.63, 3.8) is 0 Å². The van der Waals surface area contributed by atoms with E-state index in [1.165, 1.54) is 25.1 Å². The molecule has 0 spiro atoms. The van der Waals surface area contributed by atoms with Gasteiger partial charge < -0.3 is 10.4 Å². The number of phenols is 1. The largest absolute Gasteiger partial charge is 0.507 e. The van der Waals surface area contributed by atoms with Crippen LogP contribution in [0.2, 0.25) is 0 Å². The molecule has 1 aromatic carbocycles. The van der Waals surface area contributed by atoms with Gasteiger partial charge in [-0.1, -0.05) is 11.8 Å². The van der Waals surface area contributed by atoms with Crippen LogP contribution in [0.25, 0.3) is 0 Å². The smallest absolute Gasteiger partial charge is 0.217 e. The van der Waals surface area contributed by atoms with Crippen LogP contribution in [0.3, 0.4) is 0 Å². The van der Waals surface area contributed by atoms with Crippen molar-refractivity contribution in [2.75, 3.05) is 6.54 Å². The summed E-state index contributed by atoms with van der Waals surface area (Å²) < 4.78 is 0. The number of amides is 1. The van der Waals surface area contributed by atoms with E-state index in [0.29, 0.717) is 11.1 Å². The molecule has 0 aromatic heterocycles. The number of carbonyl (C=O) groups is 1. The molecular formula is C12H10N2O2. The lowest BCUT2D eigenvalue weighted by atomic mass is 10.1. The molecule has 80 valence electrons. The average molecular weight is 214 g/mol. The Balaban J connectivity index is 2.80. The molecule has 0 fully saturated rings. The average Bonchev–Trinajstić information content (AvgIpc) is 2.26. The standard InChI is InChI=1S/C12H10N2O2/c1-9(15)14-6-2-3-11-7-10(8-13)4-5-12(11)16/h4-5,7,16H,6H2,1H3,(H,14,15). The van der Waals surface area contributed by atoms with Gasteiger partial charge in [-0.2, -0.15) is 5.26 Å². The lowest BCUT2D eigenvalue weighted by Crippen LogP contribution is -2.19. The molecule has 0 heterocycles. The van der Waals surface area contributed by atoms with Gasteiger partial charge >= 0.3 is 0 Å². The normalized spacial score (nSPS) is 8.50. The predicted octanol–water partition coefficient (Wildman–Crippen LogP) is 0.751. The Bertz CT molecular complexity index is 504. The first-order valence-electron chi connectivity index (χ1n) is 4.60. The molecule has 0 aliphatic rings. The van der Waals surface area contributed by atoms with Gasteiger partial charge in [-0.15, -0.1) is 0 Å². The maximum absolute atomic E-state index is 10.6. The highest BCUT2D eigenvalue weighted by Gasteiger charge is 1.98. The maximum Gasteiger partial charge on any atom is 0.217 e. The lowest BCUT2D eigenvalue weighted by Gasteiger charge is -1.96. The Hall–Kier alpha value is -2.46. The minimum absolute atomic E-state index is 0.0225. The van der Waals surface area contributed by atoms with E-state index in [4.69, 9.17) is 5.26 Å². The fourth-order valence-electron chi connectivity index (χ4n) is 1.01. The van der Waals surface area contributed by atoms with E-state index in [1.807, 2.05) is 6.07 Å². The topological polar surface area (TPSA) is 73.1 Å². The van der Waals surface area contributed by atoms with E-state index in [-0.39, 0.29) is 18.2 Å². The SMILES string of the molecule is CC(=O)NCC#Cc1cc(C#N)ccc1O. The molecular weight excluding hydrogens is 204 g/mol. The van der Waals surface area contributed by atoms with Crippen molar-refractivity contribution in [1.29, 1.82) is 5.26 Å². The van der Waals surface area contributed by atoms with Crippen LogP contribution >= 0.6 is 0 Å². The van der Waals surface area contributed by atoms with Crippen LogP contribution in [-0.4, -0.2) is 17.6 Å². The highest BCUT2D eigenvalue weighted by molar-refractivity contribution is 5.73. The van der Waals surface area contributed by atoms with Crippen molar-refractivity contribution in [3.8, 4) is 23.7 Å². The van der Waals surface area contributed by atoms with Gasteiger partial charge in [-0.25, -0.2) is 0 Å². The quantitative estimate of drug-likeness (QED) is 0.677.